The van der Waals surface area contributed by atoms with Gasteiger partial charge in [-0.1, -0.05) is 12.1 Å². The van der Waals surface area contributed by atoms with Crippen molar-refractivity contribution in [3.63, 3.8) is 0 Å². The fraction of sp³-hybridized carbons (Fsp3) is 0.231. The molecule has 2 amide bonds. The zero-order valence-corrected chi connectivity index (χ0v) is 20.1. The van der Waals surface area contributed by atoms with Gasteiger partial charge in [0.15, 0.2) is 0 Å². The molecular formula is C26H27N5O4. The van der Waals surface area contributed by atoms with Crippen LogP contribution in [0, 0.1) is 20.8 Å². The third-order valence-corrected chi connectivity index (χ3v) is 5.34. The van der Waals surface area contributed by atoms with Crippen LogP contribution in [0.1, 0.15) is 33.2 Å². The second-order valence-corrected chi connectivity index (χ2v) is 8.16. The van der Waals surface area contributed by atoms with Gasteiger partial charge in [0.25, 0.3) is 5.91 Å². The summed E-state index contributed by atoms with van der Waals surface area (Å²) in [5.74, 6) is 0.533. The van der Waals surface area contributed by atoms with Crippen molar-refractivity contribution in [3.8, 4) is 17.1 Å². The van der Waals surface area contributed by atoms with Gasteiger partial charge in [-0.05, 0) is 63.2 Å². The molecule has 0 aliphatic heterocycles. The predicted octanol–water partition coefficient (Wildman–Crippen LogP) is 3.97. The first-order valence-electron chi connectivity index (χ1n) is 11.1. The van der Waals surface area contributed by atoms with Gasteiger partial charge in [0, 0.05) is 29.6 Å². The zero-order chi connectivity index (χ0) is 24.9. The first kappa shape index (κ1) is 23.9. The molecule has 4 aromatic rings. The molecule has 0 fully saturated rings. The molecule has 9 heteroatoms. The molecule has 0 atom stereocenters. The molecule has 4 rings (SSSR count). The summed E-state index contributed by atoms with van der Waals surface area (Å²) in [7, 11) is 1.46. The first-order valence-corrected chi connectivity index (χ1v) is 11.1. The average molecular weight is 474 g/mol. The van der Waals surface area contributed by atoms with Crippen LogP contribution < -0.4 is 10.6 Å². The van der Waals surface area contributed by atoms with Crippen molar-refractivity contribution in [1.29, 1.82) is 0 Å². The quantitative estimate of drug-likeness (QED) is 0.401. The fourth-order valence-electron chi connectivity index (χ4n) is 3.71. The van der Waals surface area contributed by atoms with Crippen LogP contribution in [0.4, 0.5) is 5.69 Å². The van der Waals surface area contributed by atoms with Crippen molar-refractivity contribution in [3.05, 3.63) is 83.0 Å². The number of ether oxygens (including phenoxy) is 1. The number of nitrogens with one attached hydrogen (secondary N) is 2. The van der Waals surface area contributed by atoms with Crippen LogP contribution in [0.15, 0.2) is 59.0 Å². The van der Waals surface area contributed by atoms with Crippen molar-refractivity contribution >= 4 is 17.5 Å². The number of hydrogen-bond donors (Lipinski definition) is 2. The topological polar surface area (TPSA) is 111 Å². The minimum absolute atomic E-state index is 0.0315. The van der Waals surface area contributed by atoms with Gasteiger partial charge in [-0.25, -0.2) is 9.67 Å². The van der Waals surface area contributed by atoms with E-state index >= 15 is 0 Å². The van der Waals surface area contributed by atoms with Crippen LogP contribution in [-0.2, 0) is 16.1 Å². The summed E-state index contributed by atoms with van der Waals surface area (Å²) >= 11 is 0. The average Bonchev–Trinajstić information content (AvgIpc) is 3.38. The molecule has 35 heavy (non-hydrogen) atoms. The molecule has 9 nitrogen and oxygen atoms in total. The minimum atomic E-state index is -0.251. The van der Waals surface area contributed by atoms with Gasteiger partial charge in [0.2, 0.25) is 11.8 Å². The van der Waals surface area contributed by atoms with Crippen LogP contribution in [0.2, 0.25) is 0 Å². The van der Waals surface area contributed by atoms with Gasteiger partial charge < -0.3 is 19.8 Å². The van der Waals surface area contributed by atoms with Gasteiger partial charge in [0.1, 0.15) is 18.1 Å². The lowest BCUT2D eigenvalue weighted by atomic mass is 10.2. The van der Waals surface area contributed by atoms with Crippen LogP contribution in [0.25, 0.3) is 17.1 Å². The number of anilines is 1. The largest absolute Gasteiger partial charge is 0.441 e. The highest BCUT2D eigenvalue weighted by Gasteiger charge is 2.15. The molecule has 0 saturated heterocycles. The lowest BCUT2D eigenvalue weighted by Gasteiger charge is -2.08. The number of rotatable bonds is 8. The van der Waals surface area contributed by atoms with Crippen LogP contribution in [0.5, 0.6) is 0 Å². The summed E-state index contributed by atoms with van der Waals surface area (Å²) in [5.41, 5.74) is 5.19. The highest BCUT2D eigenvalue weighted by atomic mass is 16.5. The van der Waals surface area contributed by atoms with E-state index in [-0.39, 0.29) is 25.0 Å². The molecule has 2 N–H and O–H groups in total. The summed E-state index contributed by atoms with van der Waals surface area (Å²) in [6.07, 6.45) is 0. The molecule has 0 bridgehead atoms. The SMILES string of the molecule is COCC(=O)Nc1cccc(-c2nc(CNC(=O)c3cccc(-n4nc(C)cc4C)c3)c(C)o2)c1. The second kappa shape index (κ2) is 10.4. The molecule has 180 valence electrons. The van der Waals surface area contributed by atoms with Gasteiger partial charge in [0.05, 0.1) is 17.9 Å². The summed E-state index contributed by atoms with van der Waals surface area (Å²) in [5, 5.41) is 10.1. The second-order valence-electron chi connectivity index (χ2n) is 8.16. The Kier molecular flexibility index (Phi) is 7.07. The number of nitrogens with zero attached hydrogens (tertiary/aromatic N) is 3. The highest BCUT2D eigenvalue weighted by Crippen LogP contribution is 2.24. The molecule has 0 unspecified atom stereocenters. The number of oxazole rings is 1. The molecule has 2 aromatic carbocycles. The van der Waals surface area contributed by atoms with Crippen molar-refractivity contribution in [2.75, 3.05) is 19.0 Å². The standard InChI is InChI=1S/C26H27N5O4/c1-16-11-17(2)31(30-16)22-10-6-7-19(13-22)25(33)27-14-23-18(3)35-26(29-23)20-8-5-9-21(12-20)28-24(32)15-34-4/h5-13H,14-15H2,1-4H3,(H,27,33)(H,28,32). The van der Waals surface area contributed by atoms with E-state index in [0.29, 0.717) is 34.2 Å². The predicted molar refractivity (Wildman–Crippen MR) is 131 cm³/mol. The van der Waals surface area contributed by atoms with E-state index in [4.69, 9.17) is 9.15 Å². The van der Waals surface area contributed by atoms with Crippen molar-refractivity contribution < 1.29 is 18.7 Å². The lowest BCUT2D eigenvalue weighted by Crippen LogP contribution is -2.23. The van der Waals surface area contributed by atoms with E-state index < -0.39 is 0 Å². The Balaban J connectivity index is 1.45. The summed E-state index contributed by atoms with van der Waals surface area (Å²) < 4.78 is 12.5. The fourth-order valence-corrected chi connectivity index (χ4v) is 3.71. The molecule has 0 saturated carbocycles. The Morgan fingerprint density at radius 3 is 2.60 bits per heavy atom. The van der Waals surface area contributed by atoms with Crippen LogP contribution in [0.3, 0.4) is 0 Å². The molecule has 0 aliphatic carbocycles. The van der Waals surface area contributed by atoms with Crippen LogP contribution >= 0.6 is 0 Å². The number of aromatic nitrogens is 3. The molecular weight excluding hydrogens is 446 g/mol. The van der Waals surface area contributed by atoms with Crippen LogP contribution in [-0.4, -0.2) is 40.3 Å². The Labute approximate surface area is 203 Å². The van der Waals surface area contributed by atoms with Gasteiger partial charge in [-0.3, -0.25) is 9.59 Å². The van der Waals surface area contributed by atoms with Gasteiger partial charge >= 0.3 is 0 Å². The third kappa shape index (κ3) is 5.64. The van der Waals surface area contributed by atoms with E-state index in [1.54, 1.807) is 37.3 Å². The van der Waals surface area contributed by atoms with Crippen molar-refractivity contribution in [1.82, 2.24) is 20.1 Å². The number of benzene rings is 2. The molecule has 2 heterocycles. The van der Waals surface area contributed by atoms with E-state index in [9.17, 15) is 9.59 Å². The Morgan fingerprint density at radius 2 is 1.86 bits per heavy atom. The Bertz CT molecular complexity index is 1370. The summed E-state index contributed by atoms with van der Waals surface area (Å²) in [4.78, 5) is 29.2. The Morgan fingerprint density at radius 1 is 1.06 bits per heavy atom. The summed E-state index contributed by atoms with van der Waals surface area (Å²) in [6.45, 7) is 5.88. The van der Waals surface area contributed by atoms with Crippen molar-refractivity contribution in [2.45, 2.75) is 27.3 Å². The van der Waals surface area contributed by atoms with E-state index in [1.807, 2.05) is 42.8 Å². The van der Waals surface area contributed by atoms with E-state index in [2.05, 4.69) is 20.7 Å². The number of hydrogen-bond acceptors (Lipinski definition) is 6. The molecule has 2 aromatic heterocycles. The number of amides is 2. The minimum Gasteiger partial charge on any atom is -0.441 e. The number of carbonyl (C=O) groups is 2. The smallest absolute Gasteiger partial charge is 0.251 e. The maximum Gasteiger partial charge on any atom is 0.251 e. The lowest BCUT2D eigenvalue weighted by molar-refractivity contribution is -0.119. The highest BCUT2D eigenvalue weighted by molar-refractivity contribution is 5.94. The maximum absolute atomic E-state index is 12.8. The van der Waals surface area contributed by atoms with E-state index in [1.165, 1.54) is 7.11 Å². The van der Waals surface area contributed by atoms with Crippen molar-refractivity contribution in [2.24, 2.45) is 0 Å². The Hall–Kier alpha value is -4.24. The number of aryl methyl sites for hydroxylation is 3. The number of methoxy groups -OCH3 is 1. The third-order valence-electron chi connectivity index (χ3n) is 5.34. The number of carbonyl (C=O) groups excluding carboxylic acids is 2. The van der Waals surface area contributed by atoms with E-state index in [0.717, 1.165) is 17.1 Å². The first-order chi connectivity index (χ1) is 16.8. The molecule has 0 spiro atoms. The maximum atomic E-state index is 12.8. The monoisotopic (exact) mass is 473 g/mol. The molecule has 0 radical (unpaired) electrons. The van der Waals surface area contributed by atoms with Gasteiger partial charge in [-0.15, -0.1) is 0 Å². The molecule has 0 aliphatic rings. The van der Waals surface area contributed by atoms with Gasteiger partial charge in [-0.2, -0.15) is 5.10 Å². The normalized spacial score (nSPS) is 10.9. The zero-order valence-electron chi connectivity index (χ0n) is 20.1. The summed E-state index contributed by atoms with van der Waals surface area (Å²) in [6, 6.07) is 16.5.